The molecule has 1 atom stereocenters. The maximum atomic E-state index is 13.7. The van der Waals surface area contributed by atoms with Crippen molar-refractivity contribution in [3.8, 4) is 0 Å². The van der Waals surface area contributed by atoms with Gasteiger partial charge in [0.2, 0.25) is 5.91 Å². The van der Waals surface area contributed by atoms with Gasteiger partial charge in [-0.05, 0) is 44.4 Å². The van der Waals surface area contributed by atoms with Crippen LogP contribution in [0.5, 0.6) is 0 Å². The van der Waals surface area contributed by atoms with Crippen LogP contribution in [-0.2, 0) is 17.8 Å². The van der Waals surface area contributed by atoms with Gasteiger partial charge in [-0.25, -0.2) is 4.39 Å². The molecule has 1 aliphatic heterocycles. The highest BCUT2D eigenvalue weighted by Gasteiger charge is 2.29. The van der Waals surface area contributed by atoms with Crippen LogP contribution in [0.15, 0.2) is 18.2 Å². The highest BCUT2D eigenvalue weighted by molar-refractivity contribution is 5.80. The molecule has 1 aromatic rings. The summed E-state index contributed by atoms with van der Waals surface area (Å²) < 4.78 is 13.7. The Morgan fingerprint density at radius 1 is 1.56 bits per heavy atom. The lowest BCUT2D eigenvalue weighted by Gasteiger charge is -2.22. The number of rotatable bonds is 4. The second-order valence-corrected chi connectivity index (χ2v) is 4.71. The third kappa shape index (κ3) is 2.70. The Labute approximate surface area is 107 Å². The van der Waals surface area contributed by atoms with E-state index >= 15 is 0 Å². The van der Waals surface area contributed by atoms with Gasteiger partial charge in [-0.1, -0.05) is 12.1 Å². The number of nitrogens with two attached hydrogens (primary N) is 1. The van der Waals surface area contributed by atoms with Crippen molar-refractivity contribution in [2.24, 2.45) is 5.73 Å². The highest BCUT2D eigenvalue weighted by atomic mass is 19.1. The smallest absolute Gasteiger partial charge is 0.234 e. The molecule has 0 spiro atoms. The second kappa shape index (κ2) is 5.48. The number of amides is 1. The zero-order valence-corrected chi connectivity index (χ0v) is 10.4. The molecule has 0 saturated carbocycles. The first-order valence-corrected chi connectivity index (χ1v) is 6.21. The van der Waals surface area contributed by atoms with Crippen molar-refractivity contribution in [1.82, 2.24) is 4.90 Å². The van der Waals surface area contributed by atoms with Crippen molar-refractivity contribution < 1.29 is 9.18 Å². The van der Waals surface area contributed by atoms with Gasteiger partial charge in [0.25, 0.3) is 0 Å². The summed E-state index contributed by atoms with van der Waals surface area (Å²) in [5, 5.41) is 0. The predicted octanol–water partition coefficient (Wildman–Crippen LogP) is 1.65. The van der Waals surface area contributed by atoms with Crippen molar-refractivity contribution >= 4 is 5.91 Å². The standard InChI is InChI=1S/C14H18FN2O/c1-2-10-5-6-12(15)11(8-10)9-17-7-3-4-13(17)14(16)18/h5-6,8,13H,1-4,7,9H2,(H2,16,18)/t13-/m0/s1. The van der Waals surface area contributed by atoms with Gasteiger partial charge in [-0.2, -0.15) is 0 Å². The molecule has 1 heterocycles. The molecular weight excluding hydrogens is 231 g/mol. The lowest BCUT2D eigenvalue weighted by Crippen LogP contribution is -2.39. The molecule has 1 radical (unpaired) electrons. The van der Waals surface area contributed by atoms with Crippen LogP contribution < -0.4 is 5.73 Å². The van der Waals surface area contributed by atoms with Crippen LogP contribution in [0.2, 0.25) is 0 Å². The number of halogens is 1. The maximum Gasteiger partial charge on any atom is 0.234 e. The summed E-state index contributed by atoms with van der Waals surface area (Å²) in [6.45, 7) is 5.02. The zero-order valence-electron chi connectivity index (χ0n) is 10.4. The third-order valence-corrected chi connectivity index (χ3v) is 3.46. The number of carbonyl (C=O) groups is 1. The summed E-state index contributed by atoms with van der Waals surface area (Å²) in [6.07, 6.45) is 2.34. The number of benzene rings is 1. The fourth-order valence-electron chi connectivity index (χ4n) is 2.46. The Morgan fingerprint density at radius 2 is 2.33 bits per heavy atom. The van der Waals surface area contributed by atoms with Gasteiger partial charge in [0, 0.05) is 12.1 Å². The molecule has 4 heteroatoms. The molecule has 1 fully saturated rings. The van der Waals surface area contributed by atoms with E-state index in [9.17, 15) is 9.18 Å². The van der Waals surface area contributed by atoms with Gasteiger partial charge < -0.3 is 5.73 Å². The normalized spacial score (nSPS) is 20.2. The van der Waals surface area contributed by atoms with Crippen LogP contribution in [0.4, 0.5) is 4.39 Å². The predicted molar refractivity (Wildman–Crippen MR) is 68.1 cm³/mol. The SMILES string of the molecule is [CH2]Cc1ccc(F)c(CN2CCC[C@H]2C(N)=O)c1. The Balaban J connectivity index is 2.15. The largest absolute Gasteiger partial charge is 0.368 e. The number of hydrogen-bond acceptors (Lipinski definition) is 2. The minimum absolute atomic E-state index is 0.234. The molecular formula is C14H18FN2O. The average molecular weight is 249 g/mol. The van der Waals surface area contributed by atoms with Gasteiger partial charge in [-0.15, -0.1) is 0 Å². The molecule has 3 nitrogen and oxygen atoms in total. The lowest BCUT2D eigenvalue weighted by molar-refractivity contribution is -0.122. The molecule has 1 aliphatic rings. The van der Waals surface area contributed by atoms with Crippen LogP contribution in [0.25, 0.3) is 0 Å². The molecule has 0 unspecified atom stereocenters. The van der Waals surface area contributed by atoms with E-state index in [0.29, 0.717) is 18.5 Å². The summed E-state index contributed by atoms with van der Waals surface area (Å²) >= 11 is 0. The van der Waals surface area contributed by atoms with Gasteiger partial charge in [-0.3, -0.25) is 9.69 Å². The highest BCUT2D eigenvalue weighted by Crippen LogP contribution is 2.21. The van der Waals surface area contributed by atoms with E-state index in [1.807, 2.05) is 11.0 Å². The fourth-order valence-corrected chi connectivity index (χ4v) is 2.46. The number of primary amides is 1. The number of likely N-dealkylation sites (tertiary alicyclic amines) is 1. The maximum absolute atomic E-state index is 13.7. The van der Waals surface area contributed by atoms with E-state index in [4.69, 9.17) is 5.73 Å². The molecule has 0 aliphatic carbocycles. The quantitative estimate of drug-likeness (QED) is 0.882. The van der Waals surface area contributed by atoms with Gasteiger partial charge in [0.15, 0.2) is 0 Å². The summed E-state index contributed by atoms with van der Waals surface area (Å²) in [5.41, 5.74) is 6.97. The van der Waals surface area contributed by atoms with Gasteiger partial charge in [0.1, 0.15) is 5.82 Å². The number of carbonyl (C=O) groups excluding carboxylic acids is 1. The van der Waals surface area contributed by atoms with Gasteiger partial charge in [0.05, 0.1) is 6.04 Å². The number of nitrogens with zero attached hydrogens (tertiary/aromatic N) is 1. The van der Waals surface area contributed by atoms with Crippen LogP contribution in [0, 0.1) is 12.7 Å². The molecule has 1 saturated heterocycles. The van der Waals surface area contributed by atoms with Crippen LogP contribution in [-0.4, -0.2) is 23.4 Å². The molecule has 0 bridgehead atoms. The first-order chi connectivity index (χ1) is 8.61. The van der Waals surface area contributed by atoms with Crippen molar-refractivity contribution in [2.75, 3.05) is 6.54 Å². The lowest BCUT2D eigenvalue weighted by atomic mass is 10.1. The molecule has 0 aromatic heterocycles. The Morgan fingerprint density at radius 3 is 3.00 bits per heavy atom. The van der Waals surface area contributed by atoms with E-state index in [1.165, 1.54) is 6.07 Å². The minimum atomic E-state index is -0.318. The molecule has 2 rings (SSSR count). The average Bonchev–Trinajstić information content (AvgIpc) is 2.80. The Kier molecular flexibility index (Phi) is 3.97. The van der Waals surface area contributed by atoms with Crippen molar-refractivity contribution in [3.63, 3.8) is 0 Å². The van der Waals surface area contributed by atoms with Crippen molar-refractivity contribution in [3.05, 3.63) is 42.1 Å². The van der Waals surface area contributed by atoms with E-state index < -0.39 is 0 Å². The van der Waals surface area contributed by atoms with Crippen molar-refractivity contribution in [1.29, 1.82) is 0 Å². The minimum Gasteiger partial charge on any atom is -0.368 e. The first kappa shape index (κ1) is 13.0. The van der Waals surface area contributed by atoms with Gasteiger partial charge >= 0.3 is 0 Å². The van der Waals surface area contributed by atoms with E-state index in [2.05, 4.69) is 6.92 Å². The molecule has 1 amide bonds. The van der Waals surface area contributed by atoms with Crippen LogP contribution >= 0.6 is 0 Å². The summed E-state index contributed by atoms with van der Waals surface area (Å²) in [4.78, 5) is 13.2. The van der Waals surface area contributed by atoms with Crippen molar-refractivity contribution in [2.45, 2.75) is 31.8 Å². The molecule has 1 aromatic carbocycles. The topological polar surface area (TPSA) is 46.3 Å². The van der Waals surface area contributed by atoms with Crippen LogP contribution in [0.3, 0.4) is 0 Å². The molecule has 18 heavy (non-hydrogen) atoms. The van der Waals surface area contributed by atoms with E-state index in [-0.39, 0.29) is 17.8 Å². The first-order valence-electron chi connectivity index (χ1n) is 6.21. The van der Waals surface area contributed by atoms with E-state index in [0.717, 1.165) is 24.9 Å². The Hall–Kier alpha value is -1.42. The summed E-state index contributed by atoms with van der Waals surface area (Å²) in [6, 6.07) is 4.76. The molecule has 97 valence electrons. The van der Waals surface area contributed by atoms with E-state index in [1.54, 1.807) is 6.07 Å². The summed E-state index contributed by atoms with van der Waals surface area (Å²) in [5.74, 6) is -0.552. The van der Waals surface area contributed by atoms with Crippen LogP contribution in [0.1, 0.15) is 24.0 Å². The monoisotopic (exact) mass is 249 g/mol. The fraction of sp³-hybridized carbons (Fsp3) is 0.429. The Bertz CT molecular complexity index is 447. The molecule has 2 N–H and O–H groups in total. The third-order valence-electron chi connectivity index (χ3n) is 3.46. The number of hydrogen-bond donors (Lipinski definition) is 1. The zero-order chi connectivity index (χ0) is 13.1. The second-order valence-electron chi connectivity index (χ2n) is 4.71. The summed E-state index contributed by atoms with van der Waals surface area (Å²) in [7, 11) is 0.